The molecule has 1 heterocycles. The van der Waals surface area contributed by atoms with E-state index >= 15 is 0 Å². The van der Waals surface area contributed by atoms with Crippen molar-refractivity contribution in [3.63, 3.8) is 0 Å². The summed E-state index contributed by atoms with van der Waals surface area (Å²) in [6, 6.07) is 6.92. The number of hydrogen-bond donors (Lipinski definition) is 1. The van der Waals surface area contributed by atoms with E-state index in [9.17, 15) is 9.18 Å². The van der Waals surface area contributed by atoms with Crippen LogP contribution in [0.1, 0.15) is 16.1 Å². The molecule has 1 aromatic heterocycles. The fourth-order valence-corrected chi connectivity index (χ4v) is 1.92. The van der Waals surface area contributed by atoms with Gasteiger partial charge in [0.1, 0.15) is 17.1 Å². The number of carbonyl (C=O) groups is 1. The van der Waals surface area contributed by atoms with Gasteiger partial charge in [0.25, 0.3) is 0 Å². The molecule has 0 aliphatic rings. The highest BCUT2D eigenvalue weighted by Gasteiger charge is 2.14. The molecule has 1 N–H and O–H groups in total. The average Bonchev–Trinajstić information content (AvgIpc) is 2.26. The lowest BCUT2D eigenvalue weighted by Crippen LogP contribution is -2.03. The zero-order chi connectivity index (χ0) is 14.0. The number of halogens is 2. The highest BCUT2D eigenvalue weighted by Crippen LogP contribution is 2.27. The first-order valence-corrected chi connectivity index (χ1v) is 6.10. The van der Waals surface area contributed by atoms with Gasteiger partial charge in [0.15, 0.2) is 0 Å². The fourth-order valence-electron chi connectivity index (χ4n) is 1.47. The van der Waals surface area contributed by atoms with E-state index in [1.165, 1.54) is 18.2 Å². The molecule has 0 radical (unpaired) electrons. The lowest BCUT2D eigenvalue weighted by molar-refractivity contribution is 0.0693. The van der Waals surface area contributed by atoms with Gasteiger partial charge in [-0.25, -0.2) is 14.2 Å². The van der Waals surface area contributed by atoms with E-state index in [0.717, 1.165) is 6.07 Å². The quantitative estimate of drug-likeness (QED) is 0.932. The summed E-state index contributed by atoms with van der Waals surface area (Å²) in [6.07, 6.45) is 0. The largest absolute Gasteiger partial charge is 0.477 e. The second kappa shape index (κ2) is 5.36. The normalized spacial score (nSPS) is 10.3. The number of aryl methyl sites for hydroxylation is 1. The van der Waals surface area contributed by atoms with Crippen molar-refractivity contribution in [1.82, 2.24) is 4.98 Å². The maximum Gasteiger partial charge on any atom is 0.341 e. The van der Waals surface area contributed by atoms with Crippen LogP contribution >= 0.6 is 15.9 Å². The van der Waals surface area contributed by atoms with Crippen molar-refractivity contribution >= 4 is 21.9 Å². The summed E-state index contributed by atoms with van der Waals surface area (Å²) in [5.74, 6) is -1.54. The summed E-state index contributed by atoms with van der Waals surface area (Å²) in [5.41, 5.74) is 0.529. The van der Waals surface area contributed by atoms with Crippen LogP contribution in [0.25, 0.3) is 0 Å². The lowest BCUT2D eigenvalue weighted by Gasteiger charge is -2.08. The molecule has 0 saturated carbocycles. The van der Waals surface area contributed by atoms with Crippen LogP contribution in [-0.2, 0) is 0 Å². The van der Waals surface area contributed by atoms with Crippen molar-refractivity contribution in [3.8, 4) is 11.6 Å². The van der Waals surface area contributed by atoms with Crippen LogP contribution in [-0.4, -0.2) is 16.1 Å². The Morgan fingerprint density at radius 2 is 2.11 bits per heavy atom. The number of aromatic carboxylic acids is 1. The summed E-state index contributed by atoms with van der Waals surface area (Å²) in [4.78, 5) is 15.1. The Balaban J connectivity index is 2.42. The summed E-state index contributed by atoms with van der Waals surface area (Å²) in [7, 11) is 0. The first-order valence-electron chi connectivity index (χ1n) is 5.30. The zero-order valence-corrected chi connectivity index (χ0v) is 11.4. The summed E-state index contributed by atoms with van der Waals surface area (Å²) in [5, 5.41) is 9.04. The SMILES string of the molecule is Cc1ccc(C(=O)O)c(Oc2cc(F)cc(Br)c2)n1. The van der Waals surface area contributed by atoms with Crippen molar-refractivity contribution in [1.29, 1.82) is 0 Å². The highest BCUT2D eigenvalue weighted by atomic mass is 79.9. The third-order valence-corrected chi connectivity index (χ3v) is 2.74. The van der Waals surface area contributed by atoms with E-state index in [2.05, 4.69) is 20.9 Å². The monoisotopic (exact) mass is 325 g/mol. The molecule has 19 heavy (non-hydrogen) atoms. The number of ether oxygens (including phenoxy) is 1. The van der Waals surface area contributed by atoms with E-state index in [1.54, 1.807) is 13.0 Å². The van der Waals surface area contributed by atoms with Gasteiger partial charge in [0.05, 0.1) is 0 Å². The summed E-state index contributed by atoms with van der Waals surface area (Å²) >= 11 is 3.13. The maximum atomic E-state index is 13.2. The predicted octanol–water partition coefficient (Wildman–Crippen LogP) is 3.78. The van der Waals surface area contributed by atoms with Crippen LogP contribution in [0.15, 0.2) is 34.8 Å². The van der Waals surface area contributed by atoms with Crippen molar-refractivity contribution in [2.45, 2.75) is 6.92 Å². The molecular weight excluding hydrogens is 317 g/mol. The van der Waals surface area contributed by atoms with Gasteiger partial charge in [-0.3, -0.25) is 0 Å². The molecule has 0 atom stereocenters. The first kappa shape index (κ1) is 13.5. The molecule has 2 aromatic rings. The number of carboxylic acids is 1. The second-order valence-electron chi connectivity index (χ2n) is 3.82. The minimum Gasteiger partial charge on any atom is -0.477 e. The van der Waals surface area contributed by atoms with Gasteiger partial charge in [-0.05, 0) is 31.2 Å². The van der Waals surface area contributed by atoms with Crippen LogP contribution in [0.4, 0.5) is 4.39 Å². The fraction of sp³-hybridized carbons (Fsp3) is 0.0769. The molecule has 0 fully saturated rings. The maximum absolute atomic E-state index is 13.2. The number of nitrogens with zero attached hydrogens (tertiary/aromatic N) is 1. The molecule has 0 saturated heterocycles. The topological polar surface area (TPSA) is 59.4 Å². The molecule has 4 nitrogen and oxygen atoms in total. The van der Waals surface area contributed by atoms with E-state index in [0.29, 0.717) is 10.2 Å². The third kappa shape index (κ3) is 3.29. The summed E-state index contributed by atoms with van der Waals surface area (Å²) < 4.78 is 19.1. The second-order valence-corrected chi connectivity index (χ2v) is 4.73. The molecule has 98 valence electrons. The number of pyridine rings is 1. The summed E-state index contributed by atoms with van der Waals surface area (Å²) in [6.45, 7) is 1.71. The van der Waals surface area contributed by atoms with Crippen molar-refractivity contribution in [2.75, 3.05) is 0 Å². The van der Waals surface area contributed by atoms with Gasteiger partial charge < -0.3 is 9.84 Å². The molecule has 0 amide bonds. The lowest BCUT2D eigenvalue weighted by atomic mass is 10.2. The van der Waals surface area contributed by atoms with Crippen LogP contribution in [0.3, 0.4) is 0 Å². The number of carboxylic acid groups (broad SMARTS) is 1. The standard InChI is InChI=1S/C13H9BrFNO3/c1-7-2-3-11(13(17)18)12(16-7)19-10-5-8(14)4-9(15)6-10/h2-6H,1H3,(H,17,18). The van der Waals surface area contributed by atoms with Crippen LogP contribution in [0.2, 0.25) is 0 Å². The van der Waals surface area contributed by atoms with Crippen LogP contribution in [0.5, 0.6) is 11.6 Å². The smallest absolute Gasteiger partial charge is 0.341 e. The third-order valence-electron chi connectivity index (χ3n) is 2.28. The highest BCUT2D eigenvalue weighted by molar-refractivity contribution is 9.10. The number of hydrogen-bond acceptors (Lipinski definition) is 3. The molecule has 0 aliphatic heterocycles. The van der Waals surface area contributed by atoms with Gasteiger partial charge in [0, 0.05) is 16.2 Å². The minimum absolute atomic E-state index is 0.0648. The van der Waals surface area contributed by atoms with Gasteiger partial charge in [-0.1, -0.05) is 15.9 Å². The van der Waals surface area contributed by atoms with E-state index in [4.69, 9.17) is 9.84 Å². The first-order chi connectivity index (χ1) is 8.95. The van der Waals surface area contributed by atoms with E-state index in [-0.39, 0.29) is 17.2 Å². The molecule has 0 bridgehead atoms. The Hall–Kier alpha value is -1.95. The van der Waals surface area contributed by atoms with E-state index in [1.807, 2.05) is 0 Å². The van der Waals surface area contributed by atoms with Gasteiger partial charge in [-0.2, -0.15) is 0 Å². The number of aromatic nitrogens is 1. The number of benzene rings is 1. The molecule has 1 aromatic carbocycles. The molecule has 0 unspecified atom stereocenters. The number of rotatable bonds is 3. The Morgan fingerprint density at radius 1 is 1.37 bits per heavy atom. The van der Waals surface area contributed by atoms with Gasteiger partial charge in [-0.15, -0.1) is 0 Å². The Labute approximate surface area is 117 Å². The Kier molecular flexibility index (Phi) is 3.80. The predicted molar refractivity (Wildman–Crippen MR) is 70.1 cm³/mol. The molecule has 6 heteroatoms. The van der Waals surface area contributed by atoms with E-state index < -0.39 is 11.8 Å². The Morgan fingerprint density at radius 3 is 2.74 bits per heavy atom. The molecular formula is C13H9BrFNO3. The Bertz CT molecular complexity index is 626. The average molecular weight is 326 g/mol. The minimum atomic E-state index is -1.15. The molecule has 2 rings (SSSR count). The van der Waals surface area contributed by atoms with Crippen LogP contribution in [0, 0.1) is 12.7 Å². The van der Waals surface area contributed by atoms with Crippen LogP contribution < -0.4 is 4.74 Å². The van der Waals surface area contributed by atoms with Gasteiger partial charge in [0.2, 0.25) is 5.88 Å². The van der Waals surface area contributed by atoms with Crippen molar-refractivity contribution in [3.05, 3.63) is 51.9 Å². The van der Waals surface area contributed by atoms with Crippen molar-refractivity contribution < 1.29 is 19.0 Å². The molecule has 0 spiro atoms. The van der Waals surface area contributed by atoms with Crippen molar-refractivity contribution in [2.24, 2.45) is 0 Å². The van der Waals surface area contributed by atoms with Gasteiger partial charge >= 0.3 is 5.97 Å². The molecule has 0 aliphatic carbocycles. The zero-order valence-electron chi connectivity index (χ0n) is 9.85.